The summed E-state index contributed by atoms with van der Waals surface area (Å²) in [7, 11) is 0. The fraction of sp³-hybridized carbons (Fsp3) is 0.125. The highest BCUT2D eigenvalue weighted by Gasteiger charge is 2.22. The molecule has 4 nitrogen and oxygen atoms in total. The third kappa shape index (κ3) is 1.77. The molecular weight excluding hydrogens is 252 g/mol. The Bertz CT molecular complexity index is 823. The molecule has 100 valence electrons. The number of rotatable bonds is 2. The zero-order valence-electron chi connectivity index (χ0n) is 11.1. The molecule has 0 amide bonds. The van der Waals surface area contributed by atoms with Crippen LogP contribution in [0.15, 0.2) is 54.6 Å². The van der Waals surface area contributed by atoms with E-state index in [0.29, 0.717) is 28.8 Å². The first-order valence-electron chi connectivity index (χ1n) is 6.56. The second-order valence-electron chi connectivity index (χ2n) is 4.59. The van der Waals surface area contributed by atoms with Gasteiger partial charge in [-0.3, -0.25) is 0 Å². The van der Waals surface area contributed by atoms with Crippen LogP contribution in [-0.4, -0.2) is 4.73 Å². The molecule has 2 aromatic carbocycles. The summed E-state index contributed by atoms with van der Waals surface area (Å²) in [5.74, 6) is 0. The highest BCUT2D eigenvalue weighted by Crippen LogP contribution is 2.23. The zero-order valence-corrected chi connectivity index (χ0v) is 11.1. The minimum absolute atomic E-state index is 0.388. The molecule has 0 fully saturated rings. The summed E-state index contributed by atoms with van der Waals surface area (Å²) in [6, 6.07) is 16.2. The van der Waals surface area contributed by atoms with Crippen molar-refractivity contribution in [2.45, 2.75) is 13.3 Å². The summed E-state index contributed by atoms with van der Waals surface area (Å²) in [4.78, 5) is 12.6. The van der Waals surface area contributed by atoms with Crippen LogP contribution in [0, 0.1) is 10.1 Å². The van der Waals surface area contributed by atoms with E-state index in [-0.39, 0.29) is 0 Å². The molecule has 3 aromatic rings. The Morgan fingerprint density at radius 2 is 1.70 bits per heavy atom. The molecule has 1 aromatic heterocycles. The van der Waals surface area contributed by atoms with Gasteiger partial charge >= 0.3 is 0 Å². The average molecular weight is 266 g/mol. The first kappa shape index (κ1) is 12.4. The smallest absolute Gasteiger partial charge is 0.289 e. The largest absolute Gasteiger partial charge is 0.805 e. The molecule has 1 heterocycles. The highest BCUT2D eigenvalue weighted by atomic mass is 16.5. The van der Waals surface area contributed by atoms with Gasteiger partial charge in [0.1, 0.15) is 5.52 Å². The van der Waals surface area contributed by atoms with E-state index in [0.717, 1.165) is 14.7 Å². The number of hydrogen-bond donors (Lipinski definition) is 0. The van der Waals surface area contributed by atoms with Crippen molar-refractivity contribution in [3.05, 3.63) is 70.4 Å². The summed E-state index contributed by atoms with van der Waals surface area (Å²) in [6.07, 6.45) is 0.501. The standard InChI is InChI=1S/C16H14N2O2/c1-2-13-16(12-8-4-3-5-9-12)18(20)15-11-7-6-10-14(15)17(13)19/h3-11H,2H2,1H3. The first-order valence-corrected chi connectivity index (χ1v) is 6.56. The lowest BCUT2D eigenvalue weighted by Crippen LogP contribution is -2.24. The Morgan fingerprint density at radius 1 is 1.05 bits per heavy atom. The van der Waals surface area contributed by atoms with Crippen molar-refractivity contribution in [3.8, 4) is 11.3 Å². The summed E-state index contributed by atoms with van der Waals surface area (Å²) >= 11 is 0. The van der Waals surface area contributed by atoms with E-state index in [1.54, 1.807) is 24.3 Å². The SMILES string of the molecule is CCc1c(-c2ccccc2)[n+](=O)c2ccccc2n1[O-]. The molecule has 0 atom stereocenters. The van der Waals surface area contributed by atoms with E-state index in [1.165, 1.54) is 0 Å². The van der Waals surface area contributed by atoms with Crippen LogP contribution in [0.3, 0.4) is 0 Å². The van der Waals surface area contributed by atoms with Gasteiger partial charge in [0.2, 0.25) is 0 Å². The van der Waals surface area contributed by atoms with Crippen LogP contribution in [0.25, 0.3) is 22.3 Å². The van der Waals surface area contributed by atoms with Crippen LogP contribution in [0.1, 0.15) is 12.6 Å². The quantitative estimate of drug-likeness (QED) is 0.669. The van der Waals surface area contributed by atoms with E-state index in [2.05, 4.69) is 0 Å². The monoisotopic (exact) mass is 266 g/mol. The van der Waals surface area contributed by atoms with Crippen molar-refractivity contribution in [3.63, 3.8) is 0 Å². The lowest BCUT2D eigenvalue weighted by molar-refractivity contribution is -0.452. The van der Waals surface area contributed by atoms with Gasteiger partial charge < -0.3 is 9.94 Å². The highest BCUT2D eigenvalue weighted by molar-refractivity contribution is 5.75. The van der Waals surface area contributed by atoms with Gasteiger partial charge in [0.25, 0.3) is 11.2 Å². The van der Waals surface area contributed by atoms with Crippen molar-refractivity contribution in [2.24, 2.45) is 0 Å². The molecule has 20 heavy (non-hydrogen) atoms. The molecule has 0 saturated heterocycles. The van der Waals surface area contributed by atoms with E-state index in [4.69, 9.17) is 0 Å². The van der Waals surface area contributed by atoms with Gasteiger partial charge in [0, 0.05) is 11.0 Å². The van der Waals surface area contributed by atoms with Crippen molar-refractivity contribution in [2.75, 3.05) is 0 Å². The minimum Gasteiger partial charge on any atom is -0.805 e. The third-order valence-electron chi connectivity index (χ3n) is 3.42. The maximum atomic E-state index is 12.6. The summed E-state index contributed by atoms with van der Waals surface area (Å²) < 4.78 is 1.73. The van der Waals surface area contributed by atoms with E-state index < -0.39 is 0 Å². The molecule has 0 aliphatic heterocycles. The molecule has 0 spiro atoms. The Morgan fingerprint density at radius 3 is 2.40 bits per heavy atom. The average Bonchev–Trinajstić information content (AvgIpc) is 2.51. The van der Waals surface area contributed by atoms with Crippen molar-refractivity contribution in [1.82, 2.24) is 4.73 Å². The number of benzene rings is 2. The fourth-order valence-electron chi connectivity index (χ4n) is 2.48. The third-order valence-corrected chi connectivity index (χ3v) is 3.42. The molecular formula is C16H14N2O2. The van der Waals surface area contributed by atoms with Crippen LogP contribution in [0.5, 0.6) is 0 Å². The second kappa shape index (κ2) is 4.81. The van der Waals surface area contributed by atoms with Gasteiger partial charge in [-0.05, 0) is 24.6 Å². The Kier molecular flexibility index (Phi) is 2.99. The molecule has 3 rings (SSSR count). The van der Waals surface area contributed by atoms with Crippen LogP contribution in [-0.2, 0) is 6.42 Å². The first-order chi connectivity index (χ1) is 9.74. The van der Waals surface area contributed by atoms with Gasteiger partial charge in [0.05, 0.1) is 15.7 Å². The lowest BCUT2D eigenvalue weighted by atomic mass is 10.1. The van der Waals surface area contributed by atoms with Gasteiger partial charge in [0.15, 0.2) is 0 Å². The molecule has 0 saturated carbocycles. The van der Waals surface area contributed by atoms with Crippen molar-refractivity contribution < 1.29 is 4.43 Å². The van der Waals surface area contributed by atoms with Gasteiger partial charge in [-0.2, -0.15) is 0 Å². The maximum absolute atomic E-state index is 12.6. The lowest BCUT2D eigenvalue weighted by Gasteiger charge is -2.18. The normalized spacial score (nSPS) is 10.8. The van der Waals surface area contributed by atoms with Crippen LogP contribution in [0.4, 0.5) is 0 Å². The molecule has 0 aliphatic carbocycles. The summed E-state index contributed by atoms with van der Waals surface area (Å²) in [5, 5.41) is 12.5. The molecule has 0 radical (unpaired) electrons. The molecule has 0 aliphatic rings. The Labute approximate surface area is 116 Å². The van der Waals surface area contributed by atoms with E-state index in [9.17, 15) is 10.1 Å². The van der Waals surface area contributed by atoms with Gasteiger partial charge in [-0.25, -0.2) is 0 Å². The molecule has 0 bridgehead atoms. The molecule has 0 N–H and O–H groups in total. The zero-order chi connectivity index (χ0) is 14.1. The number of nitrogens with zero attached hydrogens (tertiary/aromatic N) is 2. The van der Waals surface area contributed by atoms with E-state index >= 15 is 0 Å². The Balaban J connectivity index is 2.48. The van der Waals surface area contributed by atoms with Crippen LogP contribution >= 0.6 is 0 Å². The molecule has 4 heteroatoms. The number of fused-ring (bicyclic) bond motifs is 1. The van der Waals surface area contributed by atoms with Crippen LogP contribution < -0.4 is 4.43 Å². The van der Waals surface area contributed by atoms with Crippen LogP contribution in [0.2, 0.25) is 0 Å². The van der Waals surface area contributed by atoms with Gasteiger partial charge in [-0.1, -0.05) is 37.3 Å². The number of aromatic nitrogens is 2. The predicted octanol–water partition coefficient (Wildman–Crippen LogP) is 3.13. The maximum Gasteiger partial charge on any atom is 0.289 e. The van der Waals surface area contributed by atoms with Crippen molar-refractivity contribution in [1.29, 1.82) is 0 Å². The minimum atomic E-state index is 0.388. The second-order valence-corrected chi connectivity index (χ2v) is 4.59. The number of hydrogen-bond acceptors (Lipinski definition) is 2. The van der Waals surface area contributed by atoms with Gasteiger partial charge in [-0.15, -0.1) is 0 Å². The number of para-hydroxylation sites is 2. The summed E-state index contributed by atoms with van der Waals surface area (Å²) in [6.45, 7) is 1.88. The predicted molar refractivity (Wildman–Crippen MR) is 78.9 cm³/mol. The fourth-order valence-corrected chi connectivity index (χ4v) is 2.48. The van der Waals surface area contributed by atoms with E-state index in [1.807, 2.05) is 37.3 Å². The Hall–Kier alpha value is -2.62. The topological polar surface area (TPSA) is 51.0 Å². The van der Waals surface area contributed by atoms with Crippen molar-refractivity contribution >= 4 is 11.0 Å². The summed E-state index contributed by atoms with van der Waals surface area (Å²) in [5.41, 5.74) is 2.47. The molecule has 0 unspecified atom stereocenters.